The van der Waals surface area contributed by atoms with Crippen LogP contribution in [-0.2, 0) is 11.4 Å². The van der Waals surface area contributed by atoms with Gasteiger partial charge in [-0.1, -0.05) is 50.1 Å². The van der Waals surface area contributed by atoms with E-state index in [2.05, 4.69) is 37.2 Å². The Morgan fingerprint density at radius 1 is 1.10 bits per heavy atom. The highest BCUT2D eigenvalue weighted by Crippen LogP contribution is 2.29. The van der Waals surface area contributed by atoms with Crippen LogP contribution in [0.2, 0.25) is 0 Å². The molecule has 0 saturated carbocycles. The van der Waals surface area contributed by atoms with Gasteiger partial charge in [0.1, 0.15) is 29.7 Å². The normalized spacial score (nSPS) is 10.8. The number of amides is 1. The van der Waals surface area contributed by atoms with E-state index < -0.39 is 5.91 Å². The van der Waals surface area contributed by atoms with Gasteiger partial charge < -0.3 is 14.8 Å². The highest BCUT2D eigenvalue weighted by atomic mass is 79.9. The summed E-state index contributed by atoms with van der Waals surface area (Å²) < 4.78 is 13.1. The molecular formula is C24H18Br2N2O3. The zero-order valence-electron chi connectivity index (χ0n) is 16.6. The molecule has 0 atom stereocenters. The van der Waals surface area contributed by atoms with Crippen LogP contribution < -0.4 is 14.8 Å². The second-order valence-electron chi connectivity index (χ2n) is 6.41. The number of anilines is 1. The number of ether oxygens (including phenoxy) is 2. The number of carbonyl (C=O) groups excluding carboxylic acids is 1. The summed E-state index contributed by atoms with van der Waals surface area (Å²) >= 11 is 6.86. The number of nitriles is 1. The van der Waals surface area contributed by atoms with Crippen molar-refractivity contribution in [2.45, 2.75) is 6.61 Å². The molecule has 0 unspecified atom stereocenters. The smallest absolute Gasteiger partial charge is 0.266 e. The molecular weight excluding hydrogens is 524 g/mol. The maximum Gasteiger partial charge on any atom is 0.266 e. The van der Waals surface area contributed by atoms with Gasteiger partial charge in [0.2, 0.25) is 0 Å². The standard InChI is InChI=1S/C24H18Br2N2O3/c1-30-21-11-6-16(23(13-21)31-15-17-4-2-3-5-22(17)26)12-18(14-27)24(29)28-20-9-7-19(25)8-10-20/h2-13H,15H2,1H3,(H,28,29)/b18-12+. The van der Waals surface area contributed by atoms with E-state index in [0.717, 1.165) is 14.5 Å². The van der Waals surface area contributed by atoms with Crippen molar-refractivity contribution in [1.29, 1.82) is 5.26 Å². The third-order valence-electron chi connectivity index (χ3n) is 4.33. The topological polar surface area (TPSA) is 71.3 Å². The van der Waals surface area contributed by atoms with Gasteiger partial charge in [-0.15, -0.1) is 0 Å². The van der Waals surface area contributed by atoms with E-state index in [1.807, 2.05) is 42.5 Å². The third-order valence-corrected chi connectivity index (χ3v) is 5.63. The quantitative estimate of drug-likeness (QED) is 0.279. The average molecular weight is 542 g/mol. The van der Waals surface area contributed by atoms with Crippen molar-refractivity contribution in [1.82, 2.24) is 0 Å². The maximum atomic E-state index is 12.6. The van der Waals surface area contributed by atoms with Crippen molar-refractivity contribution in [2.24, 2.45) is 0 Å². The molecule has 0 saturated heterocycles. The van der Waals surface area contributed by atoms with Crippen molar-refractivity contribution in [2.75, 3.05) is 12.4 Å². The average Bonchev–Trinajstić information content (AvgIpc) is 2.78. The van der Waals surface area contributed by atoms with Crippen molar-refractivity contribution in [3.05, 3.63) is 92.4 Å². The van der Waals surface area contributed by atoms with Gasteiger partial charge in [-0.05, 0) is 48.5 Å². The largest absolute Gasteiger partial charge is 0.497 e. The van der Waals surface area contributed by atoms with Crippen molar-refractivity contribution < 1.29 is 14.3 Å². The van der Waals surface area contributed by atoms with Crippen LogP contribution in [0.4, 0.5) is 5.69 Å². The number of methoxy groups -OCH3 is 1. The molecule has 0 fully saturated rings. The van der Waals surface area contributed by atoms with Crippen LogP contribution in [0, 0.1) is 11.3 Å². The monoisotopic (exact) mass is 540 g/mol. The summed E-state index contributed by atoms with van der Waals surface area (Å²) in [6.07, 6.45) is 1.50. The molecule has 0 aliphatic carbocycles. The number of rotatable bonds is 7. The molecule has 0 aliphatic rings. The van der Waals surface area contributed by atoms with Crippen LogP contribution >= 0.6 is 31.9 Å². The van der Waals surface area contributed by atoms with Crippen molar-refractivity contribution >= 4 is 49.5 Å². The Morgan fingerprint density at radius 3 is 2.52 bits per heavy atom. The molecule has 3 rings (SSSR count). The van der Waals surface area contributed by atoms with Gasteiger partial charge in [0.25, 0.3) is 5.91 Å². The minimum absolute atomic E-state index is 0.0428. The SMILES string of the molecule is COc1ccc(/C=C(\C#N)C(=O)Nc2ccc(Br)cc2)c(OCc2ccccc2Br)c1. The summed E-state index contributed by atoms with van der Waals surface area (Å²) in [5, 5.41) is 12.3. The van der Waals surface area contributed by atoms with Gasteiger partial charge in [0.15, 0.2) is 0 Å². The number of hydrogen-bond acceptors (Lipinski definition) is 4. The minimum atomic E-state index is -0.502. The molecule has 0 spiro atoms. The Balaban J connectivity index is 1.86. The molecule has 0 heterocycles. The fourth-order valence-corrected chi connectivity index (χ4v) is 3.36. The van der Waals surface area contributed by atoms with Gasteiger partial charge in [-0.25, -0.2) is 0 Å². The predicted molar refractivity (Wildman–Crippen MR) is 128 cm³/mol. The molecule has 0 aromatic heterocycles. The predicted octanol–water partition coefficient (Wildman–Crippen LogP) is 6.34. The summed E-state index contributed by atoms with van der Waals surface area (Å²) in [6, 6.07) is 22.0. The van der Waals surface area contributed by atoms with Crippen LogP contribution in [0.3, 0.4) is 0 Å². The first-order chi connectivity index (χ1) is 15.0. The second kappa shape index (κ2) is 10.8. The van der Waals surface area contributed by atoms with Gasteiger partial charge in [0, 0.05) is 31.8 Å². The highest BCUT2D eigenvalue weighted by Gasteiger charge is 2.13. The number of nitrogens with one attached hydrogen (secondary N) is 1. The van der Waals surface area contributed by atoms with E-state index in [9.17, 15) is 10.1 Å². The molecule has 0 bridgehead atoms. The van der Waals surface area contributed by atoms with Gasteiger partial charge in [-0.2, -0.15) is 5.26 Å². The molecule has 5 nitrogen and oxygen atoms in total. The lowest BCUT2D eigenvalue weighted by Crippen LogP contribution is -2.13. The van der Waals surface area contributed by atoms with E-state index in [1.54, 1.807) is 37.4 Å². The highest BCUT2D eigenvalue weighted by molar-refractivity contribution is 9.10. The van der Waals surface area contributed by atoms with E-state index in [0.29, 0.717) is 29.4 Å². The Kier molecular flexibility index (Phi) is 7.88. The van der Waals surface area contributed by atoms with E-state index >= 15 is 0 Å². The van der Waals surface area contributed by atoms with Gasteiger partial charge in [0.05, 0.1) is 7.11 Å². The van der Waals surface area contributed by atoms with Crippen LogP contribution in [0.5, 0.6) is 11.5 Å². The Morgan fingerprint density at radius 2 is 1.84 bits per heavy atom. The first-order valence-electron chi connectivity index (χ1n) is 9.23. The Hall–Kier alpha value is -3.08. The van der Waals surface area contributed by atoms with Gasteiger partial charge in [-0.3, -0.25) is 4.79 Å². The fourth-order valence-electron chi connectivity index (χ4n) is 2.69. The summed E-state index contributed by atoms with van der Waals surface area (Å²) in [6.45, 7) is 0.308. The first kappa shape index (κ1) is 22.6. The number of halogens is 2. The van der Waals surface area contributed by atoms with E-state index in [1.165, 1.54) is 6.08 Å². The summed E-state index contributed by atoms with van der Waals surface area (Å²) in [7, 11) is 1.56. The first-order valence-corrected chi connectivity index (χ1v) is 10.8. The van der Waals surface area contributed by atoms with Crippen LogP contribution in [0.25, 0.3) is 6.08 Å². The molecule has 31 heavy (non-hydrogen) atoms. The Labute approximate surface area is 197 Å². The molecule has 7 heteroatoms. The van der Waals surface area contributed by atoms with E-state index in [4.69, 9.17) is 9.47 Å². The molecule has 3 aromatic rings. The molecule has 3 aromatic carbocycles. The number of benzene rings is 3. The third kappa shape index (κ3) is 6.20. The lowest BCUT2D eigenvalue weighted by Gasteiger charge is -2.12. The van der Waals surface area contributed by atoms with Crippen molar-refractivity contribution in [3.8, 4) is 17.6 Å². The minimum Gasteiger partial charge on any atom is -0.497 e. The van der Waals surface area contributed by atoms with Crippen molar-refractivity contribution in [3.63, 3.8) is 0 Å². The second-order valence-corrected chi connectivity index (χ2v) is 8.18. The molecule has 0 radical (unpaired) electrons. The summed E-state index contributed by atoms with van der Waals surface area (Å²) in [5.74, 6) is 0.605. The molecule has 156 valence electrons. The van der Waals surface area contributed by atoms with Crippen LogP contribution in [-0.4, -0.2) is 13.0 Å². The van der Waals surface area contributed by atoms with Crippen LogP contribution in [0.15, 0.2) is 81.2 Å². The zero-order valence-corrected chi connectivity index (χ0v) is 19.7. The Bertz CT molecular complexity index is 1150. The van der Waals surface area contributed by atoms with E-state index in [-0.39, 0.29) is 5.57 Å². The maximum absolute atomic E-state index is 12.6. The molecule has 1 amide bonds. The van der Waals surface area contributed by atoms with Gasteiger partial charge >= 0.3 is 0 Å². The fraction of sp³-hybridized carbons (Fsp3) is 0.0833. The molecule has 0 aliphatic heterocycles. The summed E-state index contributed by atoms with van der Waals surface area (Å²) in [4.78, 5) is 12.6. The lowest BCUT2D eigenvalue weighted by molar-refractivity contribution is -0.112. The number of hydrogen-bond donors (Lipinski definition) is 1. The van der Waals surface area contributed by atoms with Crippen LogP contribution in [0.1, 0.15) is 11.1 Å². The zero-order chi connectivity index (χ0) is 22.2. The summed E-state index contributed by atoms with van der Waals surface area (Å²) in [5.41, 5.74) is 2.11. The molecule has 1 N–H and O–H groups in total. The number of carbonyl (C=O) groups is 1. The lowest BCUT2D eigenvalue weighted by atomic mass is 10.1. The number of nitrogens with zero attached hydrogens (tertiary/aromatic N) is 1.